The van der Waals surface area contributed by atoms with E-state index in [9.17, 15) is 9.90 Å². The molecule has 0 radical (unpaired) electrons. The minimum atomic E-state index is -0.294. The molecule has 1 atom stereocenters. The van der Waals surface area contributed by atoms with Crippen molar-refractivity contribution in [2.45, 2.75) is 45.1 Å². The van der Waals surface area contributed by atoms with Crippen LogP contribution in [0.5, 0.6) is 0 Å². The van der Waals surface area contributed by atoms with Crippen LogP contribution in [0.15, 0.2) is 36.5 Å². The van der Waals surface area contributed by atoms with E-state index in [1.165, 1.54) is 5.56 Å². The standard InChI is InChI=1S/C20H27N3O2/c1-2-18-17(14-21-22-18)20(25)23-12-10-16(11-13-23)19(24)9-8-15-6-4-3-5-7-15/h3-7,14,16,19,24H,2,8-13H2,1H3,(H,21,22)/t19-/m0/s1. The van der Waals surface area contributed by atoms with Crippen molar-refractivity contribution in [1.82, 2.24) is 15.1 Å². The Kier molecular flexibility index (Phi) is 5.87. The van der Waals surface area contributed by atoms with Crippen LogP contribution in [0.25, 0.3) is 0 Å². The van der Waals surface area contributed by atoms with E-state index in [0.717, 1.165) is 37.8 Å². The van der Waals surface area contributed by atoms with E-state index in [-0.39, 0.29) is 17.9 Å². The van der Waals surface area contributed by atoms with E-state index in [0.29, 0.717) is 18.7 Å². The topological polar surface area (TPSA) is 69.2 Å². The molecule has 0 spiro atoms. The third-order valence-electron chi connectivity index (χ3n) is 5.24. The van der Waals surface area contributed by atoms with Crippen LogP contribution in [0.4, 0.5) is 0 Å². The van der Waals surface area contributed by atoms with Crippen LogP contribution in [-0.2, 0) is 12.8 Å². The van der Waals surface area contributed by atoms with E-state index in [4.69, 9.17) is 0 Å². The Morgan fingerprint density at radius 1 is 1.32 bits per heavy atom. The normalized spacial score (nSPS) is 16.8. The number of likely N-dealkylation sites (tertiary alicyclic amines) is 1. The highest BCUT2D eigenvalue weighted by atomic mass is 16.3. The molecule has 0 bridgehead atoms. The van der Waals surface area contributed by atoms with Crippen molar-refractivity contribution in [3.63, 3.8) is 0 Å². The van der Waals surface area contributed by atoms with Gasteiger partial charge in [-0.3, -0.25) is 9.89 Å². The van der Waals surface area contributed by atoms with Crippen LogP contribution in [0.3, 0.4) is 0 Å². The molecule has 1 fully saturated rings. The van der Waals surface area contributed by atoms with Crippen molar-refractivity contribution in [3.8, 4) is 0 Å². The summed E-state index contributed by atoms with van der Waals surface area (Å²) in [4.78, 5) is 14.5. The Labute approximate surface area is 149 Å². The summed E-state index contributed by atoms with van der Waals surface area (Å²) in [7, 11) is 0. The number of H-pyrrole nitrogens is 1. The van der Waals surface area contributed by atoms with Crippen molar-refractivity contribution in [2.75, 3.05) is 13.1 Å². The number of amides is 1. The zero-order chi connectivity index (χ0) is 17.6. The second-order valence-electron chi connectivity index (χ2n) is 6.84. The number of carbonyl (C=O) groups is 1. The van der Waals surface area contributed by atoms with Gasteiger partial charge in [0.05, 0.1) is 17.9 Å². The third-order valence-corrected chi connectivity index (χ3v) is 5.24. The van der Waals surface area contributed by atoms with Gasteiger partial charge in [0.25, 0.3) is 5.91 Å². The minimum Gasteiger partial charge on any atom is -0.393 e. The summed E-state index contributed by atoms with van der Waals surface area (Å²) in [6, 6.07) is 10.3. The van der Waals surface area contributed by atoms with Gasteiger partial charge in [-0.05, 0) is 43.6 Å². The summed E-state index contributed by atoms with van der Waals surface area (Å²) in [6.07, 6.45) is 5.51. The molecular formula is C20H27N3O2. The number of carbonyl (C=O) groups excluding carboxylic acids is 1. The highest BCUT2D eigenvalue weighted by Crippen LogP contribution is 2.25. The lowest BCUT2D eigenvalue weighted by atomic mass is 9.88. The number of aliphatic hydroxyl groups is 1. The van der Waals surface area contributed by atoms with Gasteiger partial charge in [0, 0.05) is 18.8 Å². The molecule has 2 aromatic rings. The minimum absolute atomic E-state index is 0.0582. The van der Waals surface area contributed by atoms with Gasteiger partial charge in [-0.25, -0.2) is 0 Å². The molecular weight excluding hydrogens is 314 g/mol. The van der Waals surface area contributed by atoms with Crippen LogP contribution in [0.1, 0.15) is 47.8 Å². The SMILES string of the molecule is CCc1[nH]ncc1C(=O)N1CCC([C@@H](O)CCc2ccccc2)CC1. The van der Waals surface area contributed by atoms with Gasteiger partial charge in [-0.2, -0.15) is 5.10 Å². The average molecular weight is 341 g/mol. The molecule has 25 heavy (non-hydrogen) atoms. The molecule has 1 aromatic carbocycles. The number of nitrogens with zero attached hydrogens (tertiary/aromatic N) is 2. The quantitative estimate of drug-likeness (QED) is 0.849. The molecule has 0 aliphatic carbocycles. The Morgan fingerprint density at radius 2 is 2.04 bits per heavy atom. The van der Waals surface area contributed by atoms with E-state index in [2.05, 4.69) is 22.3 Å². The number of rotatable bonds is 6. The second-order valence-corrected chi connectivity index (χ2v) is 6.84. The van der Waals surface area contributed by atoms with Crippen LogP contribution >= 0.6 is 0 Å². The predicted molar refractivity (Wildman–Crippen MR) is 97.4 cm³/mol. The molecule has 1 saturated heterocycles. The molecule has 0 saturated carbocycles. The lowest BCUT2D eigenvalue weighted by Crippen LogP contribution is -2.41. The average Bonchev–Trinajstić information content (AvgIpc) is 3.15. The highest BCUT2D eigenvalue weighted by molar-refractivity contribution is 5.95. The number of aromatic amines is 1. The van der Waals surface area contributed by atoms with Crippen LogP contribution < -0.4 is 0 Å². The molecule has 1 aliphatic rings. The number of aliphatic hydroxyl groups excluding tert-OH is 1. The molecule has 134 valence electrons. The Bertz CT molecular complexity index is 675. The smallest absolute Gasteiger partial charge is 0.257 e. The van der Waals surface area contributed by atoms with Crippen molar-refractivity contribution in [1.29, 1.82) is 0 Å². The number of hydrogen-bond acceptors (Lipinski definition) is 3. The number of nitrogens with one attached hydrogen (secondary N) is 1. The number of aryl methyl sites for hydroxylation is 2. The van der Waals surface area contributed by atoms with Gasteiger partial charge >= 0.3 is 0 Å². The molecule has 3 rings (SSSR count). The summed E-state index contributed by atoms with van der Waals surface area (Å²) in [5.74, 6) is 0.339. The maximum absolute atomic E-state index is 12.6. The van der Waals surface area contributed by atoms with Gasteiger partial charge in [-0.15, -0.1) is 0 Å². The molecule has 1 amide bonds. The lowest BCUT2D eigenvalue weighted by Gasteiger charge is -2.34. The van der Waals surface area contributed by atoms with Crippen molar-refractivity contribution < 1.29 is 9.90 Å². The molecule has 5 nitrogen and oxygen atoms in total. The first-order chi connectivity index (χ1) is 12.2. The first kappa shape index (κ1) is 17.7. The maximum Gasteiger partial charge on any atom is 0.257 e. The van der Waals surface area contributed by atoms with E-state index in [1.54, 1.807) is 6.20 Å². The summed E-state index contributed by atoms with van der Waals surface area (Å²) in [5.41, 5.74) is 2.85. The fourth-order valence-corrected chi connectivity index (χ4v) is 3.62. The van der Waals surface area contributed by atoms with Crippen molar-refractivity contribution >= 4 is 5.91 Å². The fraction of sp³-hybridized carbons (Fsp3) is 0.500. The number of piperidine rings is 1. The first-order valence-corrected chi connectivity index (χ1v) is 9.22. The Hall–Kier alpha value is -2.14. The fourth-order valence-electron chi connectivity index (χ4n) is 3.62. The molecule has 1 aliphatic heterocycles. The van der Waals surface area contributed by atoms with Gasteiger partial charge in [0.15, 0.2) is 0 Å². The second kappa shape index (κ2) is 8.30. The number of hydrogen-bond donors (Lipinski definition) is 2. The monoisotopic (exact) mass is 341 g/mol. The summed E-state index contributed by atoms with van der Waals surface area (Å²) in [6.45, 7) is 3.43. The highest BCUT2D eigenvalue weighted by Gasteiger charge is 2.28. The first-order valence-electron chi connectivity index (χ1n) is 9.22. The lowest BCUT2D eigenvalue weighted by molar-refractivity contribution is 0.0436. The molecule has 0 unspecified atom stereocenters. The van der Waals surface area contributed by atoms with Gasteiger partial charge in [0.1, 0.15) is 0 Å². The van der Waals surface area contributed by atoms with Gasteiger partial charge in [0.2, 0.25) is 0 Å². The summed E-state index contributed by atoms with van der Waals surface area (Å²) in [5, 5.41) is 17.4. The Morgan fingerprint density at radius 3 is 2.72 bits per heavy atom. The molecule has 1 aromatic heterocycles. The van der Waals surface area contributed by atoms with Crippen LogP contribution in [-0.4, -0.2) is 45.3 Å². The van der Waals surface area contributed by atoms with Crippen LogP contribution in [0.2, 0.25) is 0 Å². The Balaban J connectivity index is 1.49. The summed E-state index contributed by atoms with van der Waals surface area (Å²) >= 11 is 0. The zero-order valence-corrected chi connectivity index (χ0v) is 14.8. The van der Waals surface area contributed by atoms with Crippen LogP contribution in [0, 0.1) is 5.92 Å². The van der Waals surface area contributed by atoms with E-state index in [1.807, 2.05) is 30.0 Å². The predicted octanol–water partition coefficient (Wildman–Crippen LogP) is 2.82. The maximum atomic E-state index is 12.6. The van der Waals surface area contributed by atoms with Gasteiger partial charge < -0.3 is 10.0 Å². The van der Waals surface area contributed by atoms with Crippen molar-refractivity contribution in [3.05, 3.63) is 53.3 Å². The zero-order valence-electron chi connectivity index (χ0n) is 14.8. The van der Waals surface area contributed by atoms with E-state index >= 15 is 0 Å². The van der Waals surface area contributed by atoms with E-state index < -0.39 is 0 Å². The molecule has 5 heteroatoms. The molecule has 2 heterocycles. The third kappa shape index (κ3) is 4.28. The van der Waals surface area contributed by atoms with Gasteiger partial charge in [-0.1, -0.05) is 37.3 Å². The largest absolute Gasteiger partial charge is 0.393 e. The number of aromatic nitrogens is 2. The number of benzene rings is 1. The summed E-state index contributed by atoms with van der Waals surface area (Å²) < 4.78 is 0. The van der Waals surface area contributed by atoms with Crippen molar-refractivity contribution in [2.24, 2.45) is 5.92 Å². The molecule has 2 N–H and O–H groups in total.